The minimum Gasteiger partial charge on any atom is -0.497 e. The number of hydrogen-bond donors (Lipinski definition) is 1. The number of ether oxygens (including phenoxy) is 2. The van der Waals surface area contributed by atoms with Gasteiger partial charge in [0.25, 0.3) is 0 Å². The molecule has 2 aromatic rings. The Morgan fingerprint density at radius 1 is 1.52 bits per heavy atom. The molecule has 6 nitrogen and oxygen atoms in total. The number of aryl methyl sites for hydroxylation is 1. The highest BCUT2D eigenvalue weighted by molar-refractivity contribution is 5.79. The number of hydrogen-bond acceptors (Lipinski definition) is 4. The fourth-order valence-electron chi connectivity index (χ4n) is 2.79. The van der Waals surface area contributed by atoms with E-state index in [1.807, 2.05) is 36.1 Å². The lowest BCUT2D eigenvalue weighted by atomic mass is 10.1. The lowest BCUT2D eigenvalue weighted by Gasteiger charge is -2.34. The molecule has 1 aliphatic rings. The van der Waals surface area contributed by atoms with Crippen LogP contribution < -0.4 is 4.74 Å². The summed E-state index contributed by atoms with van der Waals surface area (Å²) in [6, 6.07) is 7.44. The van der Waals surface area contributed by atoms with E-state index in [1.165, 1.54) is 0 Å². The van der Waals surface area contributed by atoms with Crippen molar-refractivity contribution in [3.8, 4) is 5.75 Å². The third kappa shape index (κ3) is 3.53. The fraction of sp³-hybridized carbons (Fsp3) is 0.412. The molecule has 0 spiro atoms. The van der Waals surface area contributed by atoms with Crippen molar-refractivity contribution in [2.24, 2.45) is 0 Å². The van der Waals surface area contributed by atoms with Crippen molar-refractivity contribution in [1.29, 1.82) is 0 Å². The van der Waals surface area contributed by atoms with Gasteiger partial charge in [-0.25, -0.2) is 4.98 Å². The van der Waals surface area contributed by atoms with E-state index in [2.05, 4.69) is 9.97 Å². The summed E-state index contributed by atoms with van der Waals surface area (Å²) in [5.41, 5.74) is 1.92. The first kappa shape index (κ1) is 15.6. The number of carbonyl (C=O) groups excluding carboxylic acids is 1. The Kier molecular flexibility index (Phi) is 4.62. The average Bonchev–Trinajstić information content (AvgIpc) is 3.01. The van der Waals surface area contributed by atoms with Crippen molar-refractivity contribution in [3.05, 3.63) is 47.5 Å². The van der Waals surface area contributed by atoms with Crippen molar-refractivity contribution in [2.75, 3.05) is 26.9 Å². The highest BCUT2D eigenvalue weighted by Gasteiger charge is 2.30. The third-order valence-electron chi connectivity index (χ3n) is 3.98. The van der Waals surface area contributed by atoms with Crippen LogP contribution in [0.4, 0.5) is 0 Å². The number of aromatic amines is 1. The van der Waals surface area contributed by atoms with E-state index in [0.717, 1.165) is 22.8 Å². The van der Waals surface area contributed by atoms with Crippen LogP contribution in [-0.2, 0) is 16.0 Å². The molecule has 0 bridgehead atoms. The second-order valence-electron chi connectivity index (χ2n) is 5.66. The van der Waals surface area contributed by atoms with Gasteiger partial charge in [-0.1, -0.05) is 12.1 Å². The zero-order chi connectivity index (χ0) is 16.2. The number of methoxy groups -OCH3 is 1. The minimum atomic E-state index is -0.157. The smallest absolute Gasteiger partial charge is 0.227 e. The van der Waals surface area contributed by atoms with Crippen LogP contribution in [0.3, 0.4) is 0 Å². The number of aromatic nitrogens is 2. The molecule has 1 aliphatic heterocycles. The maximum atomic E-state index is 12.7. The first-order valence-corrected chi connectivity index (χ1v) is 7.69. The zero-order valence-electron chi connectivity index (χ0n) is 13.4. The molecule has 23 heavy (non-hydrogen) atoms. The van der Waals surface area contributed by atoms with Gasteiger partial charge in [0.2, 0.25) is 5.91 Å². The predicted octanol–water partition coefficient (Wildman–Crippen LogP) is 1.87. The SMILES string of the molecule is COc1cccc(CC(=O)N2CCOC[C@H]2c2ncc(C)[nH]2)c1. The van der Waals surface area contributed by atoms with Crippen LogP contribution in [0, 0.1) is 6.92 Å². The Bertz CT molecular complexity index is 683. The van der Waals surface area contributed by atoms with E-state index in [1.54, 1.807) is 13.3 Å². The monoisotopic (exact) mass is 315 g/mol. The number of carbonyl (C=O) groups is 1. The number of benzene rings is 1. The molecule has 6 heteroatoms. The highest BCUT2D eigenvalue weighted by atomic mass is 16.5. The van der Waals surface area contributed by atoms with Gasteiger partial charge in [0, 0.05) is 18.4 Å². The molecule has 1 atom stereocenters. The molecule has 0 unspecified atom stereocenters. The molecule has 0 aliphatic carbocycles. The van der Waals surface area contributed by atoms with Crippen LogP contribution in [0.15, 0.2) is 30.5 Å². The Hall–Kier alpha value is -2.34. The quantitative estimate of drug-likeness (QED) is 0.935. The number of rotatable bonds is 4. The minimum absolute atomic E-state index is 0.0700. The third-order valence-corrected chi connectivity index (χ3v) is 3.98. The average molecular weight is 315 g/mol. The molecule has 2 heterocycles. The lowest BCUT2D eigenvalue weighted by molar-refractivity contribution is -0.139. The summed E-state index contributed by atoms with van der Waals surface area (Å²) in [6.07, 6.45) is 2.11. The molecular formula is C17H21N3O3. The van der Waals surface area contributed by atoms with E-state index in [9.17, 15) is 4.79 Å². The van der Waals surface area contributed by atoms with Crippen LogP contribution in [0.2, 0.25) is 0 Å². The van der Waals surface area contributed by atoms with Gasteiger partial charge in [-0.15, -0.1) is 0 Å². The topological polar surface area (TPSA) is 67.4 Å². The van der Waals surface area contributed by atoms with Crippen LogP contribution in [0.5, 0.6) is 5.75 Å². The normalized spacial score (nSPS) is 18.0. The molecule has 1 amide bonds. The summed E-state index contributed by atoms with van der Waals surface area (Å²) in [6.45, 7) is 3.55. The number of amides is 1. The first-order valence-electron chi connectivity index (χ1n) is 7.69. The van der Waals surface area contributed by atoms with Gasteiger partial charge in [-0.3, -0.25) is 4.79 Å². The molecule has 1 aromatic carbocycles. The van der Waals surface area contributed by atoms with Crippen LogP contribution >= 0.6 is 0 Å². The fourth-order valence-corrected chi connectivity index (χ4v) is 2.79. The van der Waals surface area contributed by atoms with Crippen molar-refractivity contribution in [1.82, 2.24) is 14.9 Å². The summed E-state index contributed by atoms with van der Waals surface area (Å²) < 4.78 is 10.8. The van der Waals surface area contributed by atoms with Crippen LogP contribution in [-0.4, -0.2) is 47.6 Å². The maximum Gasteiger partial charge on any atom is 0.227 e. The molecule has 1 saturated heterocycles. The predicted molar refractivity (Wildman–Crippen MR) is 85.3 cm³/mol. The molecule has 1 N–H and O–H groups in total. The number of nitrogens with zero attached hydrogens (tertiary/aromatic N) is 2. The molecule has 122 valence electrons. The van der Waals surface area contributed by atoms with Gasteiger partial charge < -0.3 is 19.4 Å². The summed E-state index contributed by atoms with van der Waals surface area (Å²) in [5.74, 6) is 1.61. The molecule has 0 radical (unpaired) electrons. The first-order chi connectivity index (χ1) is 11.2. The number of nitrogens with one attached hydrogen (secondary N) is 1. The summed E-state index contributed by atoms with van der Waals surface area (Å²) in [4.78, 5) is 22.2. The molecule has 1 aromatic heterocycles. The van der Waals surface area contributed by atoms with E-state index in [0.29, 0.717) is 26.2 Å². The summed E-state index contributed by atoms with van der Waals surface area (Å²) in [7, 11) is 1.62. The van der Waals surface area contributed by atoms with Crippen molar-refractivity contribution in [3.63, 3.8) is 0 Å². The van der Waals surface area contributed by atoms with Gasteiger partial charge in [-0.2, -0.15) is 0 Å². The summed E-state index contributed by atoms with van der Waals surface area (Å²) in [5, 5.41) is 0. The maximum absolute atomic E-state index is 12.7. The van der Waals surface area contributed by atoms with E-state index >= 15 is 0 Å². The van der Waals surface area contributed by atoms with Gasteiger partial charge in [-0.05, 0) is 24.6 Å². The van der Waals surface area contributed by atoms with Gasteiger partial charge in [0.15, 0.2) is 0 Å². The zero-order valence-corrected chi connectivity index (χ0v) is 13.4. The summed E-state index contributed by atoms with van der Waals surface area (Å²) >= 11 is 0. The Balaban J connectivity index is 1.75. The van der Waals surface area contributed by atoms with Gasteiger partial charge >= 0.3 is 0 Å². The molecule has 1 fully saturated rings. The molecule has 0 saturated carbocycles. The van der Waals surface area contributed by atoms with E-state index in [4.69, 9.17) is 9.47 Å². The van der Waals surface area contributed by atoms with E-state index in [-0.39, 0.29) is 11.9 Å². The largest absolute Gasteiger partial charge is 0.497 e. The van der Waals surface area contributed by atoms with E-state index < -0.39 is 0 Å². The lowest BCUT2D eigenvalue weighted by Crippen LogP contribution is -2.44. The van der Waals surface area contributed by atoms with Crippen molar-refractivity contribution in [2.45, 2.75) is 19.4 Å². The molecule has 3 rings (SSSR count). The second kappa shape index (κ2) is 6.83. The van der Waals surface area contributed by atoms with Crippen molar-refractivity contribution >= 4 is 5.91 Å². The Labute approximate surface area is 135 Å². The Morgan fingerprint density at radius 2 is 2.39 bits per heavy atom. The molecular weight excluding hydrogens is 294 g/mol. The van der Waals surface area contributed by atoms with Gasteiger partial charge in [0.1, 0.15) is 17.6 Å². The van der Waals surface area contributed by atoms with Crippen LogP contribution in [0.25, 0.3) is 0 Å². The van der Waals surface area contributed by atoms with Crippen molar-refractivity contribution < 1.29 is 14.3 Å². The van der Waals surface area contributed by atoms with Crippen LogP contribution in [0.1, 0.15) is 23.1 Å². The second-order valence-corrected chi connectivity index (χ2v) is 5.66. The standard InChI is InChI=1S/C17H21N3O3/c1-12-10-18-17(19-12)15-11-23-7-6-20(15)16(21)9-13-4-3-5-14(8-13)22-2/h3-5,8,10,15H,6-7,9,11H2,1-2H3,(H,18,19)/t15-/m0/s1. The van der Waals surface area contributed by atoms with Gasteiger partial charge in [0.05, 0.1) is 26.7 Å². The number of H-pyrrole nitrogens is 1. The number of morpholine rings is 1. The number of imidazole rings is 1. The highest BCUT2D eigenvalue weighted by Crippen LogP contribution is 2.23. The Morgan fingerprint density at radius 3 is 3.13 bits per heavy atom.